The predicted molar refractivity (Wildman–Crippen MR) is 170 cm³/mol. The third-order valence-corrected chi connectivity index (χ3v) is 8.63. The van der Waals surface area contributed by atoms with Gasteiger partial charge in [-0.1, -0.05) is 70.5 Å². The lowest BCUT2D eigenvalue weighted by atomic mass is 9.77. The van der Waals surface area contributed by atoms with Crippen molar-refractivity contribution in [2.45, 2.75) is 31.9 Å². The second-order valence-corrected chi connectivity index (χ2v) is 11.9. The molecule has 6 rings (SSSR count). The third kappa shape index (κ3) is 5.74. The molecule has 1 N–H and O–H groups in total. The molecule has 0 saturated carbocycles. The number of hydrogen-bond donors (Lipinski definition) is 1. The lowest BCUT2D eigenvalue weighted by Crippen LogP contribution is -2.28. The summed E-state index contributed by atoms with van der Waals surface area (Å²) in [6.07, 6.45) is 7.67. The molecular formula is C34H30Br2N2O2. The average molecular weight is 658 g/mol. The molecule has 0 spiro atoms. The van der Waals surface area contributed by atoms with Gasteiger partial charge in [0.05, 0.1) is 22.8 Å². The van der Waals surface area contributed by atoms with Gasteiger partial charge in [-0.15, -0.1) is 0 Å². The molecule has 0 saturated heterocycles. The molecule has 4 aromatic carbocycles. The van der Waals surface area contributed by atoms with Gasteiger partial charge in [-0.2, -0.15) is 0 Å². The smallest absolute Gasteiger partial charge is 0.175 e. The SMILES string of the molecule is CCOc1cc(C=Nc2ccc([C@@H]3Nc4ccccc4[C@@H]4C=CC[C@H]43)cc2)cc(Br)c1OCc1ccc(Br)cc1. The van der Waals surface area contributed by atoms with Crippen molar-refractivity contribution in [3.05, 3.63) is 128 Å². The summed E-state index contributed by atoms with van der Waals surface area (Å²) < 4.78 is 13.9. The molecule has 1 heterocycles. The molecule has 0 amide bonds. The Hall–Kier alpha value is -3.35. The number of nitrogens with zero attached hydrogens (tertiary/aromatic N) is 1. The minimum absolute atomic E-state index is 0.280. The average Bonchev–Trinajstić information content (AvgIpc) is 3.47. The van der Waals surface area contributed by atoms with Crippen molar-refractivity contribution in [1.82, 2.24) is 0 Å². The molecule has 202 valence electrons. The summed E-state index contributed by atoms with van der Waals surface area (Å²) in [7, 11) is 0. The van der Waals surface area contributed by atoms with Crippen molar-refractivity contribution >= 4 is 49.4 Å². The van der Waals surface area contributed by atoms with E-state index in [-0.39, 0.29) is 6.04 Å². The first kappa shape index (κ1) is 26.9. The van der Waals surface area contributed by atoms with Crippen LogP contribution in [-0.4, -0.2) is 12.8 Å². The number of halogens is 2. The predicted octanol–water partition coefficient (Wildman–Crippen LogP) is 9.77. The van der Waals surface area contributed by atoms with Gasteiger partial charge in [0, 0.05) is 22.3 Å². The van der Waals surface area contributed by atoms with Crippen LogP contribution in [0.1, 0.15) is 47.6 Å². The molecule has 0 fully saturated rings. The van der Waals surface area contributed by atoms with Crippen molar-refractivity contribution in [1.29, 1.82) is 0 Å². The Morgan fingerprint density at radius 2 is 1.75 bits per heavy atom. The normalized spacial score (nSPS) is 19.2. The Kier molecular flexibility index (Phi) is 8.08. The van der Waals surface area contributed by atoms with Gasteiger partial charge in [0.2, 0.25) is 0 Å². The summed E-state index contributed by atoms with van der Waals surface area (Å²) >= 11 is 7.16. The fraction of sp³-hybridized carbons (Fsp3) is 0.206. The summed E-state index contributed by atoms with van der Waals surface area (Å²) in [5.41, 5.74) is 6.86. The maximum absolute atomic E-state index is 6.14. The Morgan fingerprint density at radius 1 is 0.950 bits per heavy atom. The van der Waals surface area contributed by atoms with Gasteiger partial charge >= 0.3 is 0 Å². The monoisotopic (exact) mass is 656 g/mol. The number of hydrogen-bond acceptors (Lipinski definition) is 4. The Labute approximate surface area is 252 Å². The number of anilines is 1. The highest BCUT2D eigenvalue weighted by Crippen LogP contribution is 2.49. The van der Waals surface area contributed by atoms with E-state index < -0.39 is 0 Å². The summed E-state index contributed by atoms with van der Waals surface area (Å²) in [6, 6.07) is 29.6. The minimum atomic E-state index is 0.280. The number of fused-ring (bicyclic) bond motifs is 3. The van der Waals surface area contributed by atoms with Crippen LogP contribution in [0.25, 0.3) is 0 Å². The van der Waals surface area contributed by atoms with Gasteiger partial charge in [-0.05, 0) is 99.9 Å². The van der Waals surface area contributed by atoms with E-state index in [1.54, 1.807) is 0 Å². The van der Waals surface area contributed by atoms with Gasteiger partial charge in [-0.25, -0.2) is 0 Å². The van der Waals surface area contributed by atoms with Crippen molar-refractivity contribution in [2.24, 2.45) is 10.9 Å². The molecule has 1 aliphatic carbocycles. The maximum atomic E-state index is 6.14. The Bertz CT molecular complexity index is 1550. The first-order chi connectivity index (χ1) is 19.6. The number of para-hydroxylation sites is 1. The molecule has 6 heteroatoms. The van der Waals surface area contributed by atoms with E-state index >= 15 is 0 Å². The zero-order chi connectivity index (χ0) is 27.5. The van der Waals surface area contributed by atoms with Crippen molar-refractivity contribution < 1.29 is 9.47 Å². The van der Waals surface area contributed by atoms with Crippen LogP contribution in [0.3, 0.4) is 0 Å². The molecule has 3 atom stereocenters. The second-order valence-electron chi connectivity index (χ2n) is 10.1. The minimum Gasteiger partial charge on any atom is -0.490 e. The zero-order valence-corrected chi connectivity index (χ0v) is 25.4. The van der Waals surface area contributed by atoms with E-state index in [1.165, 1.54) is 16.8 Å². The van der Waals surface area contributed by atoms with Gasteiger partial charge < -0.3 is 14.8 Å². The molecule has 4 nitrogen and oxygen atoms in total. The molecule has 1 aliphatic heterocycles. The first-order valence-corrected chi connectivity index (χ1v) is 15.2. The number of allylic oxidation sites excluding steroid dienone is 2. The summed E-state index contributed by atoms with van der Waals surface area (Å²) in [5.74, 6) is 2.38. The van der Waals surface area contributed by atoms with Crippen molar-refractivity contribution in [3.8, 4) is 11.5 Å². The standard InChI is InChI=1S/C34H30Br2N2O2/c1-2-39-32-19-23(18-30(36)34(32)40-21-22-10-14-25(35)15-11-22)20-37-26-16-12-24(13-17-26)33-29-8-5-7-27(29)28-6-3-4-9-31(28)38-33/h3-7,9-20,27,29,33,38H,2,8,21H2,1H3/t27-,29+,33-/m0/s1. The van der Waals surface area contributed by atoms with Crippen LogP contribution in [0.15, 0.2) is 111 Å². The van der Waals surface area contributed by atoms with Gasteiger partial charge in [0.15, 0.2) is 11.5 Å². The van der Waals surface area contributed by atoms with Crippen LogP contribution < -0.4 is 14.8 Å². The number of nitrogens with one attached hydrogen (secondary N) is 1. The molecule has 0 unspecified atom stereocenters. The quantitative estimate of drug-likeness (QED) is 0.152. The molecule has 0 bridgehead atoms. The highest BCUT2D eigenvalue weighted by Gasteiger charge is 2.37. The fourth-order valence-electron chi connectivity index (χ4n) is 5.59. The maximum Gasteiger partial charge on any atom is 0.175 e. The zero-order valence-electron chi connectivity index (χ0n) is 22.2. The first-order valence-electron chi connectivity index (χ1n) is 13.6. The fourth-order valence-corrected chi connectivity index (χ4v) is 6.43. The van der Waals surface area contributed by atoms with E-state index in [2.05, 4.69) is 97.9 Å². The molecule has 0 aromatic heterocycles. The largest absolute Gasteiger partial charge is 0.490 e. The van der Waals surface area contributed by atoms with Crippen LogP contribution in [0.4, 0.5) is 11.4 Å². The Balaban J connectivity index is 1.17. The van der Waals surface area contributed by atoms with Crippen LogP contribution in [0.5, 0.6) is 11.5 Å². The van der Waals surface area contributed by atoms with Crippen molar-refractivity contribution in [3.63, 3.8) is 0 Å². The Morgan fingerprint density at radius 3 is 2.55 bits per heavy atom. The molecule has 0 radical (unpaired) electrons. The number of benzene rings is 4. The highest BCUT2D eigenvalue weighted by atomic mass is 79.9. The van der Waals surface area contributed by atoms with E-state index in [0.717, 1.165) is 32.2 Å². The second kappa shape index (κ2) is 12.0. The number of aliphatic imine (C=N–C) groups is 1. The van der Waals surface area contributed by atoms with Gasteiger partial charge in [-0.3, -0.25) is 4.99 Å². The van der Waals surface area contributed by atoms with Gasteiger partial charge in [0.1, 0.15) is 6.61 Å². The third-order valence-electron chi connectivity index (χ3n) is 7.52. The lowest BCUT2D eigenvalue weighted by Gasteiger charge is -2.37. The van der Waals surface area contributed by atoms with E-state index in [4.69, 9.17) is 14.5 Å². The van der Waals surface area contributed by atoms with Crippen molar-refractivity contribution in [2.75, 3.05) is 11.9 Å². The lowest BCUT2D eigenvalue weighted by molar-refractivity contribution is 0.267. The van der Waals surface area contributed by atoms with E-state index in [9.17, 15) is 0 Å². The highest BCUT2D eigenvalue weighted by molar-refractivity contribution is 9.10. The number of ether oxygens (including phenoxy) is 2. The summed E-state index contributed by atoms with van der Waals surface area (Å²) in [4.78, 5) is 4.76. The van der Waals surface area contributed by atoms with Gasteiger partial charge in [0.25, 0.3) is 0 Å². The summed E-state index contributed by atoms with van der Waals surface area (Å²) in [5, 5.41) is 3.80. The molecule has 2 aliphatic rings. The molecule has 4 aromatic rings. The van der Waals surface area contributed by atoms with E-state index in [0.29, 0.717) is 36.5 Å². The number of rotatable bonds is 8. The van der Waals surface area contributed by atoms with Crippen LogP contribution in [0.2, 0.25) is 0 Å². The van der Waals surface area contributed by atoms with Crippen LogP contribution >= 0.6 is 31.9 Å². The van der Waals surface area contributed by atoms with Crippen LogP contribution in [-0.2, 0) is 6.61 Å². The summed E-state index contributed by atoms with van der Waals surface area (Å²) in [6.45, 7) is 2.96. The van der Waals surface area contributed by atoms with E-state index in [1.807, 2.05) is 49.5 Å². The molecular weight excluding hydrogens is 628 g/mol. The topological polar surface area (TPSA) is 42.8 Å². The van der Waals surface area contributed by atoms with Crippen LogP contribution in [0, 0.1) is 5.92 Å². The molecule has 40 heavy (non-hydrogen) atoms.